The van der Waals surface area contributed by atoms with E-state index in [1.807, 2.05) is 0 Å². The van der Waals surface area contributed by atoms with Crippen LogP contribution in [0.15, 0.2) is 35.2 Å². The lowest BCUT2D eigenvalue weighted by Crippen LogP contribution is -2.68. The molecular weight excluding hydrogens is 685 g/mol. The third-order valence-electron chi connectivity index (χ3n) is 5.80. The molecule has 1 saturated heterocycles. The molecular formula is C27H32Cl3NO13S. The van der Waals surface area contributed by atoms with Crippen molar-refractivity contribution in [3.05, 3.63) is 30.3 Å². The zero-order valence-electron chi connectivity index (χ0n) is 24.7. The maximum absolute atomic E-state index is 13.5. The van der Waals surface area contributed by atoms with E-state index in [0.717, 1.165) is 46.6 Å². The third-order valence-corrected chi connectivity index (χ3v) is 7.40. The molecule has 1 aliphatic rings. The van der Waals surface area contributed by atoms with Gasteiger partial charge in [-0.1, -0.05) is 64.8 Å². The summed E-state index contributed by atoms with van der Waals surface area (Å²) in [6.07, 6.45) is -7.95. The molecule has 1 heterocycles. The fourth-order valence-electron chi connectivity index (χ4n) is 4.27. The highest BCUT2D eigenvalue weighted by Crippen LogP contribution is 2.46. The molecule has 0 aromatic heterocycles. The summed E-state index contributed by atoms with van der Waals surface area (Å²) in [5, 5.41) is 2.44. The number of benzene rings is 1. The van der Waals surface area contributed by atoms with Gasteiger partial charge in [0.1, 0.15) is 25.4 Å². The highest BCUT2D eigenvalue weighted by atomic mass is 35.6. The minimum Gasteiger partial charge on any atom is -0.466 e. The maximum Gasteiger partial charge on any atom is 0.407 e. The van der Waals surface area contributed by atoms with Crippen LogP contribution in [-0.2, 0) is 57.1 Å². The number of hydrogen-bond donors (Lipinski definition) is 1. The lowest BCUT2D eigenvalue weighted by atomic mass is 9.89. The summed E-state index contributed by atoms with van der Waals surface area (Å²) in [4.78, 5) is 73.5. The van der Waals surface area contributed by atoms with Gasteiger partial charge in [-0.2, -0.15) is 0 Å². The van der Waals surface area contributed by atoms with E-state index in [2.05, 4.69) is 5.32 Å². The molecule has 2 rings (SSSR count). The summed E-state index contributed by atoms with van der Waals surface area (Å²) in [7, 11) is 1.10. The second-order valence-electron chi connectivity index (χ2n) is 9.48. The smallest absolute Gasteiger partial charge is 0.407 e. The van der Waals surface area contributed by atoms with Gasteiger partial charge >= 0.3 is 35.9 Å². The van der Waals surface area contributed by atoms with Gasteiger partial charge in [0, 0.05) is 39.0 Å². The van der Waals surface area contributed by atoms with Crippen LogP contribution in [0.3, 0.4) is 0 Å². The van der Waals surface area contributed by atoms with Gasteiger partial charge in [0.15, 0.2) is 12.2 Å². The number of hydrogen-bond acceptors (Lipinski definition) is 14. The van der Waals surface area contributed by atoms with Gasteiger partial charge in [-0.05, 0) is 12.1 Å². The molecule has 0 saturated carbocycles. The van der Waals surface area contributed by atoms with Crippen LogP contribution in [0.1, 0.15) is 34.1 Å². The van der Waals surface area contributed by atoms with Crippen LogP contribution in [0, 0.1) is 0 Å². The Morgan fingerprint density at radius 1 is 0.956 bits per heavy atom. The van der Waals surface area contributed by atoms with Crippen molar-refractivity contribution < 1.29 is 61.9 Å². The average molecular weight is 717 g/mol. The Hall–Kier alpha value is -2.98. The van der Waals surface area contributed by atoms with Gasteiger partial charge in [-0.15, -0.1) is 0 Å². The van der Waals surface area contributed by atoms with Crippen LogP contribution in [0.2, 0.25) is 0 Å². The van der Waals surface area contributed by atoms with E-state index in [-0.39, 0.29) is 0 Å². The molecule has 6 atom stereocenters. The molecule has 0 bridgehead atoms. The SMILES string of the molecule is COC(=O)[C@@]1(Sc2ccccc2)C[C@H](OC(C)=O)[C@@H](NC(=O)OCC(Cl)(Cl)Cl)[C@H]([C@H](OC(C)=O)[C@@H](COC(C)=O)OC(C)=O)O1. The summed E-state index contributed by atoms with van der Waals surface area (Å²) in [5.74, 6) is -4.34. The standard InChI is InChI=1S/C27H32Cl3NO13S/c1-14(32)39-12-20(42-16(3)34)22(43-17(4)35)23-21(31-25(37)40-13-27(28,29)30)19(41-15(2)33)11-26(44-23,24(36)38-5)45-18-9-7-6-8-10-18/h6-10,19-23H,11-13H2,1-5H3,(H,31,37)/t19-,20+,21+,22+,23+,26-/m0/s1. The zero-order valence-corrected chi connectivity index (χ0v) is 27.8. The van der Waals surface area contributed by atoms with E-state index >= 15 is 0 Å². The number of halogens is 3. The van der Waals surface area contributed by atoms with Crippen molar-refractivity contribution in [2.24, 2.45) is 0 Å². The minimum atomic E-state index is -2.01. The fraction of sp³-hybridized carbons (Fsp3) is 0.556. The Kier molecular flexibility index (Phi) is 14.5. The Balaban J connectivity index is 2.78. The number of methoxy groups -OCH3 is 1. The summed E-state index contributed by atoms with van der Waals surface area (Å²) >= 11 is 18.0. The van der Waals surface area contributed by atoms with Crippen molar-refractivity contribution in [1.29, 1.82) is 0 Å². The molecule has 250 valence electrons. The van der Waals surface area contributed by atoms with E-state index in [1.165, 1.54) is 0 Å². The van der Waals surface area contributed by atoms with Crippen LogP contribution in [-0.4, -0.2) is 95.4 Å². The molecule has 18 heteroatoms. The Bertz CT molecular complexity index is 1230. The molecule has 0 unspecified atom stereocenters. The minimum absolute atomic E-state index is 0.417. The maximum atomic E-state index is 13.5. The number of carbonyl (C=O) groups is 6. The number of rotatable bonds is 12. The van der Waals surface area contributed by atoms with E-state index in [9.17, 15) is 28.8 Å². The van der Waals surface area contributed by atoms with Gasteiger partial charge in [0.25, 0.3) is 0 Å². The van der Waals surface area contributed by atoms with Crippen LogP contribution in [0.5, 0.6) is 0 Å². The topological polar surface area (TPSA) is 179 Å². The van der Waals surface area contributed by atoms with E-state index in [4.69, 9.17) is 68.0 Å². The number of ether oxygens (including phenoxy) is 7. The first kappa shape index (κ1) is 38.2. The average Bonchev–Trinajstić information content (AvgIpc) is 2.93. The normalized spacial score (nSPS) is 22.5. The Labute approximate surface area is 277 Å². The van der Waals surface area contributed by atoms with Crippen molar-refractivity contribution >= 4 is 82.5 Å². The number of thioether (sulfide) groups is 1. The second-order valence-corrected chi connectivity index (χ2v) is 13.3. The lowest BCUT2D eigenvalue weighted by molar-refractivity contribution is -0.223. The molecule has 1 aliphatic heterocycles. The van der Waals surface area contributed by atoms with Gasteiger partial charge < -0.3 is 38.5 Å². The van der Waals surface area contributed by atoms with Crippen molar-refractivity contribution in [1.82, 2.24) is 5.32 Å². The molecule has 45 heavy (non-hydrogen) atoms. The number of alkyl carbamates (subject to hydrolysis) is 1. The van der Waals surface area contributed by atoms with Gasteiger partial charge in [-0.3, -0.25) is 19.2 Å². The molecule has 0 radical (unpaired) electrons. The largest absolute Gasteiger partial charge is 0.466 e. The Morgan fingerprint density at radius 3 is 2.09 bits per heavy atom. The summed E-state index contributed by atoms with van der Waals surface area (Å²) < 4.78 is 36.0. The van der Waals surface area contributed by atoms with E-state index in [0.29, 0.717) is 4.90 Å². The number of esters is 5. The van der Waals surface area contributed by atoms with Crippen LogP contribution < -0.4 is 5.32 Å². The molecule has 1 aromatic carbocycles. The molecule has 14 nitrogen and oxygen atoms in total. The van der Waals surface area contributed by atoms with Gasteiger partial charge in [-0.25, -0.2) is 9.59 Å². The van der Waals surface area contributed by atoms with E-state index < -0.39 is 94.8 Å². The molecule has 1 amide bonds. The van der Waals surface area contributed by atoms with Crippen molar-refractivity contribution in [2.75, 3.05) is 20.3 Å². The summed E-state index contributed by atoms with van der Waals surface area (Å²) in [5.41, 5.74) is 0. The highest BCUT2D eigenvalue weighted by molar-refractivity contribution is 8.01. The first-order valence-corrected chi connectivity index (χ1v) is 15.1. The third kappa shape index (κ3) is 12.4. The predicted molar refractivity (Wildman–Crippen MR) is 158 cm³/mol. The molecule has 1 fully saturated rings. The quantitative estimate of drug-likeness (QED) is 0.189. The first-order valence-electron chi connectivity index (χ1n) is 13.1. The fourth-order valence-corrected chi connectivity index (χ4v) is 5.68. The number of alkyl halides is 3. The molecule has 0 spiro atoms. The van der Waals surface area contributed by atoms with Gasteiger partial charge in [0.05, 0.1) is 13.2 Å². The van der Waals surface area contributed by atoms with Crippen LogP contribution >= 0.6 is 46.6 Å². The Morgan fingerprint density at radius 2 is 1.58 bits per heavy atom. The van der Waals surface area contributed by atoms with Gasteiger partial charge in [0.2, 0.25) is 8.73 Å². The van der Waals surface area contributed by atoms with E-state index in [1.54, 1.807) is 30.3 Å². The predicted octanol–water partition coefficient (Wildman–Crippen LogP) is 3.26. The van der Waals surface area contributed by atoms with Crippen LogP contribution in [0.25, 0.3) is 0 Å². The second kappa shape index (κ2) is 17.1. The van der Waals surface area contributed by atoms with Crippen molar-refractivity contribution in [2.45, 2.75) is 78.2 Å². The lowest BCUT2D eigenvalue weighted by Gasteiger charge is -2.48. The molecule has 1 aromatic rings. The molecule has 0 aliphatic carbocycles. The number of amides is 1. The number of carbonyl (C=O) groups excluding carboxylic acids is 6. The molecule has 1 N–H and O–H groups in total. The van der Waals surface area contributed by atoms with Crippen molar-refractivity contribution in [3.8, 4) is 0 Å². The highest BCUT2D eigenvalue weighted by Gasteiger charge is 2.59. The van der Waals surface area contributed by atoms with Crippen LogP contribution in [0.4, 0.5) is 4.79 Å². The summed E-state index contributed by atoms with van der Waals surface area (Å²) in [6.45, 7) is 2.89. The monoisotopic (exact) mass is 715 g/mol. The summed E-state index contributed by atoms with van der Waals surface area (Å²) in [6, 6.07) is 6.97. The number of nitrogens with one attached hydrogen (secondary N) is 1. The van der Waals surface area contributed by atoms with Crippen molar-refractivity contribution in [3.63, 3.8) is 0 Å². The zero-order chi connectivity index (χ0) is 33.9. The first-order chi connectivity index (χ1) is 21.0.